The molecule has 0 fully saturated rings. The van der Waals surface area contributed by atoms with Gasteiger partial charge in [-0.3, -0.25) is 14.5 Å². The van der Waals surface area contributed by atoms with E-state index in [0.717, 1.165) is 16.8 Å². The first-order valence-corrected chi connectivity index (χ1v) is 8.37. The number of hydrogen-bond donors (Lipinski definition) is 1. The van der Waals surface area contributed by atoms with Crippen molar-refractivity contribution >= 4 is 5.91 Å². The van der Waals surface area contributed by atoms with E-state index in [2.05, 4.69) is 34.5 Å². The van der Waals surface area contributed by atoms with E-state index in [-0.39, 0.29) is 11.8 Å². The maximum Gasteiger partial charge on any atom is 0.220 e. The van der Waals surface area contributed by atoms with Gasteiger partial charge in [-0.05, 0) is 29.2 Å². The largest absolute Gasteiger partial charge is 0.352 e. The first-order chi connectivity index (χ1) is 12.1. The van der Waals surface area contributed by atoms with E-state index in [9.17, 15) is 4.79 Å². The molecule has 5 nitrogen and oxygen atoms in total. The quantitative estimate of drug-likeness (QED) is 0.752. The molecule has 3 rings (SSSR count). The second kappa shape index (κ2) is 7.75. The van der Waals surface area contributed by atoms with Crippen molar-refractivity contribution in [2.45, 2.75) is 25.8 Å². The highest BCUT2D eigenvalue weighted by molar-refractivity contribution is 5.76. The fraction of sp³-hybridized carbons (Fsp3) is 0.250. The second-order valence-electron chi connectivity index (χ2n) is 6.21. The molecule has 0 aliphatic heterocycles. The summed E-state index contributed by atoms with van der Waals surface area (Å²) in [5, 5.41) is 7.16. The number of pyridine rings is 1. The van der Waals surface area contributed by atoms with Crippen molar-refractivity contribution in [2.24, 2.45) is 7.05 Å². The van der Waals surface area contributed by atoms with Crippen LogP contribution in [0, 0.1) is 0 Å². The molecule has 0 bridgehead atoms. The summed E-state index contributed by atoms with van der Waals surface area (Å²) in [6, 6.07) is 14.1. The van der Waals surface area contributed by atoms with Gasteiger partial charge >= 0.3 is 0 Å². The molecule has 1 N–H and O–H groups in total. The average molecular weight is 334 g/mol. The summed E-state index contributed by atoms with van der Waals surface area (Å²) in [6.07, 6.45) is 5.81. The van der Waals surface area contributed by atoms with E-state index in [4.69, 9.17) is 0 Å². The van der Waals surface area contributed by atoms with Gasteiger partial charge in [-0.1, -0.05) is 37.3 Å². The third-order valence-corrected chi connectivity index (χ3v) is 4.26. The zero-order chi connectivity index (χ0) is 17.6. The summed E-state index contributed by atoms with van der Waals surface area (Å²) in [7, 11) is 1.90. The summed E-state index contributed by atoms with van der Waals surface area (Å²) in [6.45, 7) is 2.54. The summed E-state index contributed by atoms with van der Waals surface area (Å²) < 4.78 is 1.81. The predicted molar refractivity (Wildman–Crippen MR) is 97.8 cm³/mol. The highest BCUT2D eigenvalue weighted by Crippen LogP contribution is 2.19. The van der Waals surface area contributed by atoms with Gasteiger partial charge in [0.2, 0.25) is 5.91 Å². The minimum Gasteiger partial charge on any atom is -0.352 e. The number of hydrogen-bond acceptors (Lipinski definition) is 3. The van der Waals surface area contributed by atoms with Crippen LogP contribution in [0.3, 0.4) is 0 Å². The third-order valence-electron chi connectivity index (χ3n) is 4.26. The molecule has 0 saturated carbocycles. The third kappa shape index (κ3) is 4.32. The van der Waals surface area contributed by atoms with Crippen molar-refractivity contribution in [1.82, 2.24) is 20.1 Å². The van der Waals surface area contributed by atoms with Crippen molar-refractivity contribution < 1.29 is 4.79 Å². The van der Waals surface area contributed by atoms with E-state index < -0.39 is 0 Å². The Labute approximate surface area is 147 Å². The van der Waals surface area contributed by atoms with Crippen LogP contribution in [0.25, 0.3) is 11.3 Å². The molecular weight excluding hydrogens is 312 g/mol. The number of aryl methyl sites for hydroxylation is 1. The lowest BCUT2D eigenvalue weighted by atomic mass is 9.97. The Bertz CT molecular complexity index is 842. The van der Waals surface area contributed by atoms with Crippen LogP contribution in [-0.2, 0) is 18.4 Å². The Morgan fingerprint density at radius 1 is 1.20 bits per heavy atom. The van der Waals surface area contributed by atoms with Gasteiger partial charge < -0.3 is 5.32 Å². The Morgan fingerprint density at radius 2 is 2.00 bits per heavy atom. The fourth-order valence-electron chi connectivity index (χ4n) is 2.83. The summed E-state index contributed by atoms with van der Waals surface area (Å²) in [4.78, 5) is 16.5. The number of amides is 1. The number of nitrogens with one attached hydrogen (secondary N) is 1. The maximum absolute atomic E-state index is 12.2. The van der Waals surface area contributed by atoms with Crippen LogP contribution in [0.1, 0.15) is 30.4 Å². The number of nitrogens with zero attached hydrogens (tertiary/aromatic N) is 3. The highest BCUT2D eigenvalue weighted by atomic mass is 16.1. The molecule has 25 heavy (non-hydrogen) atoms. The minimum absolute atomic E-state index is 0.0438. The van der Waals surface area contributed by atoms with E-state index >= 15 is 0 Å². The predicted octanol–water partition coefficient (Wildman–Crippen LogP) is 3.29. The van der Waals surface area contributed by atoms with Crippen molar-refractivity contribution in [3.8, 4) is 11.3 Å². The molecule has 0 aliphatic carbocycles. The van der Waals surface area contributed by atoms with E-state index in [1.807, 2.05) is 37.4 Å². The number of aromatic nitrogens is 3. The molecular formula is C20H22N4O. The number of carbonyl (C=O) groups is 1. The van der Waals surface area contributed by atoms with E-state index in [0.29, 0.717) is 13.0 Å². The zero-order valence-corrected chi connectivity index (χ0v) is 14.5. The monoisotopic (exact) mass is 334 g/mol. The normalized spacial score (nSPS) is 11.9. The Hall–Kier alpha value is -2.95. The van der Waals surface area contributed by atoms with Crippen molar-refractivity contribution in [2.75, 3.05) is 0 Å². The molecule has 0 aliphatic rings. The van der Waals surface area contributed by atoms with E-state index in [1.54, 1.807) is 23.3 Å². The Balaban J connectivity index is 1.58. The first kappa shape index (κ1) is 16.9. The molecule has 1 amide bonds. The molecule has 5 heteroatoms. The summed E-state index contributed by atoms with van der Waals surface area (Å²) in [5.74, 6) is 0.238. The van der Waals surface area contributed by atoms with Gasteiger partial charge in [0.05, 0.1) is 5.69 Å². The van der Waals surface area contributed by atoms with E-state index in [1.165, 1.54) is 5.56 Å². The molecule has 0 radical (unpaired) electrons. The summed E-state index contributed by atoms with van der Waals surface area (Å²) in [5.41, 5.74) is 4.14. The smallest absolute Gasteiger partial charge is 0.220 e. The van der Waals surface area contributed by atoms with Crippen molar-refractivity contribution in [1.29, 1.82) is 0 Å². The zero-order valence-electron chi connectivity index (χ0n) is 14.5. The lowest BCUT2D eigenvalue weighted by molar-refractivity contribution is -0.121. The van der Waals surface area contributed by atoms with Gasteiger partial charge in [0.15, 0.2) is 0 Å². The molecule has 1 atom stereocenters. The van der Waals surface area contributed by atoms with Crippen molar-refractivity contribution in [3.63, 3.8) is 0 Å². The van der Waals surface area contributed by atoms with Crippen LogP contribution < -0.4 is 5.32 Å². The molecule has 0 spiro atoms. The van der Waals surface area contributed by atoms with Gasteiger partial charge in [0.25, 0.3) is 0 Å². The lowest BCUT2D eigenvalue weighted by Gasteiger charge is -2.12. The number of rotatable bonds is 6. The van der Waals surface area contributed by atoms with Crippen LogP contribution in [0.15, 0.2) is 61.1 Å². The Kier molecular flexibility index (Phi) is 5.23. The lowest BCUT2D eigenvalue weighted by Crippen LogP contribution is -2.24. The minimum atomic E-state index is 0.0438. The topological polar surface area (TPSA) is 59.8 Å². The van der Waals surface area contributed by atoms with Crippen LogP contribution in [-0.4, -0.2) is 20.7 Å². The van der Waals surface area contributed by atoms with Crippen LogP contribution in [0.4, 0.5) is 0 Å². The molecule has 1 aromatic carbocycles. The number of carbonyl (C=O) groups excluding carboxylic acids is 1. The SMILES string of the molecule is CC(CC(=O)NCc1cncc(-c2ccnn2C)c1)c1ccccc1. The molecule has 0 saturated heterocycles. The average Bonchev–Trinajstić information content (AvgIpc) is 3.07. The number of benzene rings is 1. The van der Waals surface area contributed by atoms with Crippen LogP contribution in [0.5, 0.6) is 0 Å². The Morgan fingerprint density at radius 3 is 2.72 bits per heavy atom. The molecule has 3 aromatic rings. The van der Waals surface area contributed by atoms with Gasteiger partial charge in [-0.15, -0.1) is 0 Å². The highest BCUT2D eigenvalue weighted by Gasteiger charge is 2.11. The van der Waals surface area contributed by atoms with Gasteiger partial charge in [-0.2, -0.15) is 5.10 Å². The molecule has 128 valence electrons. The maximum atomic E-state index is 12.2. The molecule has 2 aromatic heterocycles. The van der Waals surface area contributed by atoms with Gasteiger partial charge in [-0.25, -0.2) is 0 Å². The van der Waals surface area contributed by atoms with Crippen LogP contribution >= 0.6 is 0 Å². The fourth-order valence-corrected chi connectivity index (χ4v) is 2.83. The van der Waals surface area contributed by atoms with Gasteiger partial charge in [0.1, 0.15) is 0 Å². The van der Waals surface area contributed by atoms with Gasteiger partial charge in [0, 0.05) is 44.2 Å². The second-order valence-corrected chi connectivity index (χ2v) is 6.21. The van der Waals surface area contributed by atoms with Crippen molar-refractivity contribution in [3.05, 3.63) is 72.2 Å². The first-order valence-electron chi connectivity index (χ1n) is 8.37. The molecule has 1 unspecified atom stereocenters. The standard InChI is InChI=1S/C20H22N4O/c1-15(17-6-4-3-5-7-17)10-20(25)22-13-16-11-18(14-21-12-16)19-8-9-23-24(19)2/h3-9,11-12,14-15H,10,13H2,1-2H3,(H,22,25). The van der Waals surface area contributed by atoms with Crippen LogP contribution in [0.2, 0.25) is 0 Å². The molecule has 2 heterocycles. The summed E-state index contributed by atoms with van der Waals surface area (Å²) >= 11 is 0.